The van der Waals surface area contributed by atoms with Crippen LogP contribution in [0.4, 0.5) is 5.00 Å². The molecule has 1 fully saturated rings. The number of carboxylic acids is 1. The average molecular weight is 301 g/mol. The zero-order chi connectivity index (χ0) is 13.6. The molecule has 3 rings (SSSR count). The molecule has 2 N–H and O–H groups in total. The van der Waals surface area contributed by atoms with Crippen LogP contribution in [0.25, 0.3) is 0 Å². The molecule has 0 spiro atoms. The van der Waals surface area contributed by atoms with Crippen molar-refractivity contribution in [3.8, 4) is 0 Å². The summed E-state index contributed by atoms with van der Waals surface area (Å²) in [6.07, 6.45) is 4.94. The molecule has 0 amide bonds. The van der Waals surface area contributed by atoms with Crippen LogP contribution in [0.1, 0.15) is 46.5 Å². The Hall–Kier alpha value is -1.08. The third-order valence-electron chi connectivity index (χ3n) is 3.58. The highest BCUT2D eigenvalue weighted by molar-refractivity contribution is 7.93. The van der Waals surface area contributed by atoms with E-state index in [1.807, 2.05) is 0 Å². The maximum atomic E-state index is 12.0. The molecule has 2 aliphatic carbocycles. The van der Waals surface area contributed by atoms with Crippen molar-refractivity contribution in [1.82, 2.24) is 0 Å². The summed E-state index contributed by atoms with van der Waals surface area (Å²) < 4.78 is 26.4. The first-order valence-corrected chi connectivity index (χ1v) is 8.75. The Morgan fingerprint density at radius 1 is 1.26 bits per heavy atom. The van der Waals surface area contributed by atoms with E-state index in [4.69, 9.17) is 0 Å². The van der Waals surface area contributed by atoms with Gasteiger partial charge in [0.1, 0.15) is 5.00 Å². The van der Waals surface area contributed by atoms with Gasteiger partial charge in [0.25, 0.3) is 0 Å². The zero-order valence-electron chi connectivity index (χ0n) is 10.3. The summed E-state index contributed by atoms with van der Waals surface area (Å²) in [6, 6.07) is 0. The molecule has 0 bridgehead atoms. The monoisotopic (exact) mass is 301 g/mol. The normalized spacial score (nSPS) is 18.9. The summed E-state index contributed by atoms with van der Waals surface area (Å²) in [5.41, 5.74) is 1.00. The maximum absolute atomic E-state index is 12.0. The van der Waals surface area contributed by atoms with Crippen LogP contribution in [0.2, 0.25) is 0 Å². The lowest BCUT2D eigenvalue weighted by Crippen LogP contribution is -2.18. The lowest BCUT2D eigenvalue weighted by Gasteiger charge is -2.10. The number of aryl methyl sites for hydroxylation is 1. The molecule has 0 aromatic carbocycles. The number of carboxylic acid groups (broad SMARTS) is 1. The van der Waals surface area contributed by atoms with Crippen molar-refractivity contribution in [3.63, 3.8) is 0 Å². The van der Waals surface area contributed by atoms with Gasteiger partial charge < -0.3 is 5.11 Å². The van der Waals surface area contributed by atoms with Gasteiger partial charge in [-0.15, -0.1) is 11.3 Å². The highest BCUT2D eigenvalue weighted by atomic mass is 32.2. The summed E-state index contributed by atoms with van der Waals surface area (Å²) in [6.45, 7) is 0. The number of carbonyl (C=O) groups is 1. The van der Waals surface area contributed by atoms with Gasteiger partial charge in [0.05, 0.1) is 10.8 Å². The van der Waals surface area contributed by atoms with Crippen molar-refractivity contribution in [3.05, 3.63) is 16.0 Å². The van der Waals surface area contributed by atoms with Crippen molar-refractivity contribution in [2.75, 3.05) is 4.72 Å². The molecule has 5 nitrogen and oxygen atoms in total. The zero-order valence-corrected chi connectivity index (χ0v) is 11.9. The molecular formula is C12H15NO4S2. The lowest BCUT2D eigenvalue weighted by atomic mass is 9.96. The van der Waals surface area contributed by atoms with E-state index < -0.39 is 16.0 Å². The van der Waals surface area contributed by atoms with E-state index in [9.17, 15) is 18.3 Å². The predicted molar refractivity (Wildman–Crippen MR) is 73.5 cm³/mol. The first-order chi connectivity index (χ1) is 8.99. The summed E-state index contributed by atoms with van der Waals surface area (Å²) in [5.74, 6) is -1.03. The molecule has 19 heavy (non-hydrogen) atoms. The highest BCUT2D eigenvalue weighted by Gasteiger charge is 2.37. The van der Waals surface area contributed by atoms with E-state index in [0.717, 1.165) is 36.1 Å². The van der Waals surface area contributed by atoms with E-state index in [2.05, 4.69) is 4.72 Å². The quantitative estimate of drug-likeness (QED) is 0.893. The summed E-state index contributed by atoms with van der Waals surface area (Å²) >= 11 is 1.29. The van der Waals surface area contributed by atoms with Crippen LogP contribution in [0, 0.1) is 0 Å². The molecule has 7 heteroatoms. The number of sulfonamides is 1. The Balaban J connectivity index is 2.00. The minimum atomic E-state index is -3.40. The van der Waals surface area contributed by atoms with Gasteiger partial charge in [-0.25, -0.2) is 13.2 Å². The van der Waals surface area contributed by atoms with Crippen LogP contribution in [0.15, 0.2) is 0 Å². The maximum Gasteiger partial charge on any atom is 0.339 e. The number of anilines is 1. The molecule has 1 aromatic heterocycles. The van der Waals surface area contributed by atoms with Crippen LogP contribution in [-0.4, -0.2) is 24.7 Å². The summed E-state index contributed by atoms with van der Waals surface area (Å²) in [5, 5.41) is 9.29. The van der Waals surface area contributed by atoms with Crippen molar-refractivity contribution in [2.24, 2.45) is 0 Å². The molecule has 1 heterocycles. The second-order valence-electron chi connectivity index (χ2n) is 5.07. The van der Waals surface area contributed by atoms with Crippen molar-refractivity contribution < 1.29 is 18.3 Å². The van der Waals surface area contributed by atoms with Gasteiger partial charge in [0.2, 0.25) is 10.0 Å². The van der Waals surface area contributed by atoms with Crippen LogP contribution in [0.5, 0.6) is 0 Å². The van der Waals surface area contributed by atoms with E-state index in [0.29, 0.717) is 17.8 Å². The second-order valence-corrected chi connectivity index (χ2v) is 8.13. The highest BCUT2D eigenvalue weighted by Crippen LogP contribution is 2.40. The van der Waals surface area contributed by atoms with Crippen LogP contribution in [0.3, 0.4) is 0 Å². The molecular weight excluding hydrogens is 286 g/mol. The molecule has 1 saturated carbocycles. The van der Waals surface area contributed by atoms with E-state index in [1.54, 1.807) is 0 Å². The van der Waals surface area contributed by atoms with E-state index in [1.165, 1.54) is 11.3 Å². The first kappa shape index (κ1) is 12.9. The number of hydrogen-bond acceptors (Lipinski definition) is 4. The third-order valence-corrected chi connectivity index (χ3v) is 6.76. The fourth-order valence-electron chi connectivity index (χ4n) is 2.45. The van der Waals surface area contributed by atoms with Gasteiger partial charge in [-0.2, -0.15) is 0 Å². The Kier molecular flexibility index (Phi) is 3.05. The molecule has 0 unspecified atom stereocenters. The number of nitrogens with one attached hydrogen (secondary N) is 1. The van der Waals surface area contributed by atoms with Gasteiger partial charge in [0.15, 0.2) is 0 Å². The van der Waals surface area contributed by atoms with Gasteiger partial charge in [-0.3, -0.25) is 4.72 Å². The average Bonchev–Trinajstić information content (AvgIpc) is 3.11. The predicted octanol–water partition coefficient (Wildman–Crippen LogP) is 2.23. The summed E-state index contributed by atoms with van der Waals surface area (Å²) in [4.78, 5) is 12.4. The molecule has 0 atom stereocenters. The Labute approximate surface area is 115 Å². The Morgan fingerprint density at radius 2 is 1.95 bits per heavy atom. The number of rotatable bonds is 4. The topological polar surface area (TPSA) is 83.5 Å². The fourth-order valence-corrected chi connectivity index (χ4v) is 5.39. The van der Waals surface area contributed by atoms with Crippen LogP contribution in [-0.2, 0) is 22.9 Å². The molecule has 0 aliphatic heterocycles. The number of aromatic carboxylic acids is 1. The lowest BCUT2D eigenvalue weighted by molar-refractivity contribution is 0.0697. The Morgan fingerprint density at radius 3 is 2.58 bits per heavy atom. The number of thiophene rings is 1. The molecule has 0 saturated heterocycles. The minimum Gasteiger partial charge on any atom is -0.478 e. The smallest absolute Gasteiger partial charge is 0.339 e. The largest absolute Gasteiger partial charge is 0.478 e. The fraction of sp³-hybridized carbons (Fsp3) is 0.583. The molecule has 1 aromatic rings. The van der Waals surface area contributed by atoms with Crippen molar-refractivity contribution >= 4 is 32.3 Å². The van der Waals surface area contributed by atoms with Gasteiger partial charge in [-0.1, -0.05) is 0 Å². The van der Waals surface area contributed by atoms with Gasteiger partial charge >= 0.3 is 5.97 Å². The SMILES string of the molecule is O=C(O)c1c(NS(=O)(=O)C2CC2)sc2c1CCCC2. The van der Waals surface area contributed by atoms with E-state index >= 15 is 0 Å². The number of hydrogen-bond donors (Lipinski definition) is 2. The number of fused-ring (bicyclic) bond motifs is 1. The second kappa shape index (κ2) is 4.49. The third kappa shape index (κ3) is 2.36. The van der Waals surface area contributed by atoms with Gasteiger partial charge in [0, 0.05) is 4.88 Å². The molecule has 104 valence electrons. The first-order valence-electron chi connectivity index (χ1n) is 6.38. The standard InChI is InChI=1S/C12H15NO4S2/c14-12(15)10-8-3-1-2-4-9(8)18-11(10)13-19(16,17)7-5-6-7/h7,13H,1-6H2,(H,14,15). The van der Waals surface area contributed by atoms with Crippen LogP contribution < -0.4 is 4.72 Å². The van der Waals surface area contributed by atoms with Crippen LogP contribution >= 0.6 is 11.3 Å². The molecule has 2 aliphatic rings. The summed E-state index contributed by atoms with van der Waals surface area (Å²) in [7, 11) is -3.40. The van der Waals surface area contributed by atoms with Crippen molar-refractivity contribution in [2.45, 2.75) is 43.8 Å². The minimum absolute atomic E-state index is 0.170. The van der Waals surface area contributed by atoms with E-state index in [-0.39, 0.29) is 10.8 Å². The Bertz CT molecular complexity index is 628. The van der Waals surface area contributed by atoms with Crippen molar-refractivity contribution in [1.29, 1.82) is 0 Å². The van der Waals surface area contributed by atoms with Gasteiger partial charge in [-0.05, 0) is 44.1 Å². The molecule has 0 radical (unpaired) electrons.